The normalized spacial score (nSPS) is 21.8. The van der Waals surface area contributed by atoms with Gasteiger partial charge in [0.1, 0.15) is 5.92 Å². The fourth-order valence-electron chi connectivity index (χ4n) is 2.29. The van der Waals surface area contributed by atoms with Crippen LogP contribution in [0.4, 0.5) is 0 Å². The molecule has 0 spiro atoms. The summed E-state index contributed by atoms with van der Waals surface area (Å²) in [6.07, 6.45) is 0. The number of carbonyl (C=O) groups excluding carboxylic acids is 1. The van der Waals surface area contributed by atoms with Crippen molar-refractivity contribution >= 4 is 23.5 Å². The minimum atomic E-state index is -0.956. The smallest absolute Gasteiger partial charge is 0.311 e. The molecule has 1 heterocycles. The fraction of sp³-hybridized carbons (Fsp3) is 0.429. The highest BCUT2D eigenvalue weighted by Crippen LogP contribution is 2.24. The molecule has 0 saturated carbocycles. The van der Waals surface area contributed by atoms with Crippen molar-refractivity contribution in [3.05, 3.63) is 34.3 Å². The number of halogens is 1. The number of carbonyl (C=O) groups is 2. The van der Waals surface area contributed by atoms with Gasteiger partial charge in [0.25, 0.3) is 5.91 Å². The van der Waals surface area contributed by atoms with E-state index in [-0.39, 0.29) is 19.1 Å². The van der Waals surface area contributed by atoms with Crippen LogP contribution in [0.15, 0.2) is 18.2 Å². The lowest BCUT2D eigenvalue weighted by molar-refractivity contribution is -0.142. The molecule has 0 bridgehead atoms. The summed E-state index contributed by atoms with van der Waals surface area (Å²) < 4.78 is 5.18. The molecule has 1 aliphatic rings. The predicted octanol–water partition coefficient (Wildman–Crippen LogP) is 1.82. The maximum Gasteiger partial charge on any atom is 0.311 e. The van der Waals surface area contributed by atoms with Gasteiger partial charge in [-0.2, -0.15) is 0 Å². The van der Waals surface area contributed by atoms with Gasteiger partial charge in [-0.15, -0.1) is 0 Å². The summed E-state index contributed by atoms with van der Waals surface area (Å²) in [5, 5.41) is 9.50. The number of hydrogen-bond acceptors (Lipinski definition) is 3. The molecule has 20 heavy (non-hydrogen) atoms. The van der Waals surface area contributed by atoms with Gasteiger partial charge in [0.15, 0.2) is 0 Å². The van der Waals surface area contributed by atoms with E-state index in [9.17, 15) is 9.59 Å². The summed E-state index contributed by atoms with van der Waals surface area (Å²) in [4.78, 5) is 25.0. The Kier molecular flexibility index (Phi) is 4.30. The molecule has 1 aromatic rings. The molecule has 108 valence electrons. The van der Waals surface area contributed by atoms with Crippen LogP contribution in [-0.2, 0) is 9.53 Å². The van der Waals surface area contributed by atoms with Gasteiger partial charge in [-0.3, -0.25) is 9.59 Å². The number of rotatable bonds is 3. The van der Waals surface area contributed by atoms with E-state index in [1.165, 1.54) is 4.90 Å². The Morgan fingerprint density at radius 1 is 1.40 bits per heavy atom. The van der Waals surface area contributed by atoms with Crippen molar-refractivity contribution in [3.63, 3.8) is 0 Å². The Balaban J connectivity index is 2.22. The Morgan fingerprint density at radius 2 is 2.10 bits per heavy atom. The van der Waals surface area contributed by atoms with Crippen LogP contribution in [0.1, 0.15) is 15.9 Å². The van der Waals surface area contributed by atoms with E-state index in [0.29, 0.717) is 10.6 Å². The molecule has 0 aliphatic carbocycles. The monoisotopic (exact) mass is 297 g/mol. The number of aryl methyl sites for hydroxylation is 1. The number of benzene rings is 1. The summed E-state index contributed by atoms with van der Waals surface area (Å²) >= 11 is 6.08. The number of hydrogen-bond donors (Lipinski definition) is 1. The van der Waals surface area contributed by atoms with Crippen LogP contribution in [0.25, 0.3) is 0 Å². The zero-order chi connectivity index (χ0) is 14.9. The first kappa shape index (κ1) is 14.8. The van der Waals surface area contributed by atoms with Gasteiger partial charge in [-0.1, -0.05) is 17.7 Å². The predicted molar refractivity (Wildman–Crippen MR) is 74.0 cm³/mol. The molecule has 1 N–H and O–H groups in total. The highest BCUT2D eigenvalue weighted by atomic mass is 35.5. The van der Waals surface area contributed by atoms with Crippen molar-refractivity contribution in [1.82, 2.24) is 4.90 Å². The quantitative estimate of drug-likeness (QED) is 0.924. The van der Waals surface area contributed by atoms with Gasteiger partial charge in [-0.05, 0) is 24.6 Å². The number of nitrogens with zero attached hydrogens (tertiary/aromatic N) is 1. The molecule has 1 aromatic carbocycles. The number of amides is 1. The van der Waals surface area contributed by atoms with Crippen LogP contribution in [0.3, 0.4) is 0 Å². The lowest BCUT2D eigenvalue weighted by atomic mass is 10.0. The maximum absolute atomic E-state index is 12.4. The minimum Gasteiger partial charge on any atom is -0.481 e. The average molecular weight is 298 g/mol. The zero-order valence-electron chi connectivity index (χ0n) is 11.3. The molecular formula is C14H16ClNO4. The molecule has 5 nitrogen and oxygen atoms in total. The summed E-state index contributed by atoms with van der Waals surface area (Å²) in [5.74, 6) is -1.95. The number of carboxylic acid groups (broad SMARTS) is 1. The average Bonchev–Trinajstić information content (AvgIpc) is 2.86. The Morgan fingerprint density at radius 3 is 2.70 bits per heavy atom. The molecule has 1 aliphatic heterocycles. The van der Waals surface area contributed by atoms with Crippen molar-refractivity contribution in [2.75, 3.05) is 20.3 Å². The third-order valence-corrected chi connectivity index (χ3v) is 3.85. The Bertz CT molecular complexity index is 546. The van der Waals surface area contributed by atoms with Crippen molar-refractivity contribution < 1.29 is 19.4 Å². The Labute approximate surface area is 122 Å². The third kappa shape index (κ3) is 2.78. The van der Waals surface area contributed by atoms with E-state index in [1.54, 1.807) is 25.2 Å². The fourth-order valence-corrected chi connectivity index (χ4v) is 2.61. The second kappa shape index (κ2) is 5.81. The third-order valence-electron chi connectivity index (χ3n) is 3.54. The van der Waals surface area contributed by atoms with Gasteiger partial charge < -0.3 is 14.7 Å². The Hall–Kier alpha value is -1.59. The number of carboxylic acids is 1. The summed E-state index contributed by atoms with van der Waals surface area (Å²) in [6, 6.07) is 4.69. The number of ether oxygens (including phenoxy) is 1. The molecule has 2 rings (SSSR count). The van der Waals surface area contributed by atoms with Gasteiger partial charge >= 0.3 is 5.97 Å². The zero-order valence-corrected chi connectivity index (χ0v) is 12.1. The summed E-state index contributed by atoms with van der Waals surface area (Å²) in [7, 11) is 1.58. The summed E-state index contributed by atoms with van der Waals surface area (Å²) in [5.41, 5.74) is 1.33. The van der Waals surface area contributed by atoms with Crippen molar-refractivity contribution in [1.29, 1.82) is 0 Å². The first-order valence-corrected chi connectivity index (χ1v) is 6.63. The van der Waals surface area contributed by atoms with Crippen LogP contribution in [0.5, 0.6) is 0 Å². The van der Waals surface area contributed by atoms with Crippen molar-refractivity contribution in [2.24, 2.45) is 5.92 Å². The van der Waals surface area contributed by atoms with E-state index >= 15 is 0 Å². The lowest BCUT2D eigenvalue weighted by Gasteiger charge is -2.26. The molecular weight excluding hydrogens is 282 g/mol. The number of aliphatic carboxylic acids is 1. The van der Waals surface area contributed by atoms with Gasteiger partial charge in [-0.25, -0.2) is 0 Å². The second-order valence-electron chi connectivity index (χ2n) is 4.95. The van der Waals surface area contributed by atoms with Crippen LogP contribution in [-0.4, -0.2) is 48.2 Å². The highest BCUT2D eigenvalue weighted by molar-refractivity contribution is 6.33. The molecule has 2 unspecified atom stereocenters. The highest BCUT2D eigenvalue weighted by Gasteiger charge is 2.38. The largest absolute Gasteiger partial charge is 0.481 e. The van der Waals surface area contributed by atoms with Crippen LogP contribution < -0.4 is 0 Å². The summed E-state index contributed by atoms with van der Waals surface area (Å²) in [6.45, 7) is 2.23. The van der Waals surface area contributed by atoms with Gasteiger partial charge in [0.05, 0.1) is 29.8 Å². The van der Waals surface area contributed by atoms with Crippen LogP contribution in [0, 0.1) is 12.8 Å². The maximum atomic E-state index is 12.4. The lowest BCUT2D eigenvalue weighted by Crippen LogP contribution is -2.44. The standard InChI is InChI=1S/C14H16ClNO4/c1-8-3-4-9(11(15)5-8)13(17)16(2)12-7-20-6-10(12)14(18)19/h3-5,10,12H,6-7H2,1-2H3,(H,18,19). The molecule has 2 atom stereocenters. The first-order valence-electron chi connectivity index (χ1n) is 6.25. The minimum absolute atomic E-state index is 0.124. The van der Waals surface area contributed by atoms with E-state index in [0.717, 1.165) is 5.56 Å². The number of likely N-dealkylation sites (N-methyl/N-ethyl adjacent to an activating group) is 1. The SMILES string of the molecule is Cc1ccc(C(=O)N(C)C2COCC2C(=O)O)c(Cl)c1. The molecule has 6 heteroatoms. The molecule has 0 radical (unpaired) electrons. The first-order chi connectivity index (χ1) is 9.41. The van der Waals surface area contributed by atoms with E-state index < -0.39 is 17.9 Å². The van der Waals surface area contributed by atoms with E-state index in [1.807, 2.05) is 6.92 Å². The van der Waals surface area contributed by atoms with Crippen LogP contribution in [0.2, 0.25) is 5.02 Å². The molecule has 0 aromatic heterocycles. The van der Waals surface area contributed by atoms with E-state index in [2.05, 4.69) is 0 Å². The second-order valence-corrected chi connectivity index (χ2v) is 5.36. The molecule has 1 amide bonds. The van der Waals surface area contributed by atoms with Crippen LogP contribution >= 0.6 is 11.6 Å². The van der Waals surface area contributed by atoms with Gasteiger partial charge in [0.2, 0.25) is 0 Å². The molecule has 1 saturated heterocycles. The van der Waals surface area contributed by atoms with E-state index in [4.69, 9.17) is 21.4 Å². The topological polar surface area (TPSA) is 66.8 Å². The van der Waals surface area contributed by atoms with Gasteiger partial charge in [0, 0.05) is 7.05 Å². The van der Waals surface area contributed by atoms with Crippen molar-refractivity contribution in [2.45, 2.75) is 13.0 Å². The molecule has 1 fully saturated rings. The van der Waals surface area contributed by atoms with Crippen molar-refractivity contribution in [3.8, 4) is 0 Å².